The second-order valence-corrected chi connectivity index (χ2v) is 5.59. The first-order chi connectivity index (χ1) is 9.08. The second kappa shape index (κ2) is 6.49. The van der Waals surface area contributed by atoms with Gasteiger partial charge in [-0.3, -0.25) is 4.79 Å². The first kappa shape index (κ1) is 14.5. The largest absolute Gasteiger partial charge is 0.479 e. The summed E-state index contributed by atoms with van der Waals surface area (Å²) in [5.41, 5.74) is 0. The third-order valence-corrected chi connectivity index (χ3v) is 4.09. The highest BCUT2D eigenvalue weighted by atomic mass is 35.5. The Morgan fingerprint density at radius 2 is 2.05 bits per heavy atom. The third kappa shape index (κ3) is 3.77. The molecule has 0 bridgehead atoms. The van der Waals surface area contributed by atoms with Crippen LogP contribution in [0.25, 0.3) is 0 Å². The molecule has 1 aliphatic rings. The minimum atomic E-state index is -0.587. The Balaban J connectivity index is 1.94. The normalized spacial score (nSPS) is 17.2. The number of ether oxygens (including phenoxy) is 1. The molecule has 5 heteroatoms. The lowest BCUT2D eigenvalue weighted by atomic mass is 10.2. The van der Waals surface area contributed by atoms with Gasteiger partial charge in [0.1, 0.15) is 10.8 Å². The smallest absolute Gasteiger partial charge is 0.260 e. The van der Waals surface area contributed by atoms with Gasteiger partial charge in [0.05, 0.1) is 5.02 Å². The Morgan fingerprint density at radius 1 is 1.37 bits per heavy atom. The summed E-state index contributed by atoms with van der Waals surface area (Å²) in [6.45, 7) is 1.71. The second-order valence-electron chi connectivity index (χ2n) is 4.80. The number of rotatable bonds is 4. The summed E-state index contributed by atoms with van der Waals surface area (Å²) < 4.78 is 5.57. The molecule has 1 fully saturated rings. The standard InChI is InChI=1S/C14H17Cl2NO2/c1-9(14(18)17-10-5-2-3-6-10)19-12-8-4-7-11(15)13(12)16/h4,7-10H,2-3,5-6H2,1H3,(H,17,18). The summed E-state index contributed by atoms with van der Waals surface area (Å²) >= 11 is 11.9. The van der Waals surface area contributed by atoms with E-state index in [4.69, 9.17) is 27.9 Å². The molecule has 1 unspecified atom stereocenters. The van der Waals surface area contributed by atoms with Crippen molar-refractivity contribution in [2.45, 2.75) is 44.8 Å². The van der Waals surface area contributed by atoms with Gasteiger partial charge in [0.25, 0.3) is 5.91 Å². The minimum Gasteiger partial charge on any atom is -0.479 e. The summed E-state index contributed by atoms with van der Waals surface area (Å²) in [5, 5.41) is 3.75. The molecule has 0 spiro atoms. The van der Waals surface area contributed by atoms with E-state index in [1.165, 1.54) is 12.8 Å². The highest BCUT2D eigenvalue weighted by molar-refractivity contribution is 6.42. The van der Waals surface area contributed by atoms with Crippen molar-refractivity contribution >= 4 is 29.1 Å². The number of carbonyl (C=O) groups is 1. The zero-order valence-corrected chi connectivity index (χ0v) is 12.3. The highest BCUT2D eigenvalue weighted by Gasteiger charge is 2.22. The third-order valence-electron chi connectivity index (χ3n) is 3.29. The number of halogens is 2. The van der Waals surface area contributed by atoms with Crippen LogP contribution in [-0.4, -0.2) is 18.1 Å². The van der Waals surface area contributed by atoms with Crippen LogP contribution in [0, 0.1) is 0 Å². The average molecular weight is 302 g/mol. The lowest BCUT2D eigenvalue weighted by molar-refractivity contribution is -0.127. The average Bonchev–Trinajstić information content (AvgIpc) is 2.87. The monoisotopic (exact) mass is 301 g/mol. The Kier molecular flexibility index (Phi) is 4.94. The van der Waals surface area contributed by atoms with Crippen LogP contribution in [0.1, 0.15) is 32.6 Å². The van der Waals surface area contributed by atoms with Crippen molar-refractivity contribution in [1.29, 1.82) is 0 Å². The lowest BCUT2D eigenvalue weighted by Gasteiger charge is -2.18. The Morgan fingerprint density at radius 3 is 2.74 bits per heavy atom. The predicted molar refractivity (Wildman–Crippen MR) is 77.0 cm³/mol. The summed E-state index contributed by atoms with van der Waals surface area (Å²) in [6.07, 6.45) is 3.88. The van der Waals surface area contributed by atoms with Gasteiger partial charge in [0.2, 0.25) is 0 Å². The Hall–Kier alpha value is -0.930. The SMILES string of the molecule is CC(Oc1cccc(Cl)c1Cl)C(=O)NC1CCCC1. The molecule has 0 saturated heterocycles. The summed E-state index contributed by atoms with van der Waals surface area (Å²) in [5.74, 6) is 0.325. The van der Waals surface area contributed by atoms with Crippen molar-refractivity contribution in [2.24, 2.45) is 0 Å². The molecule has 1 aromatic rings. The lowest BCUT2D eigenvalue weighted by Crippen LogP contribution is -2.41. The maximum atomic E-state index is 12.0. The molecule has 0 aromatic heterocycles. The van der Waals surface area contributed by atoms with Gasteiger partial charge in [0.15, 0.2) is 6.10 Å². The van der Waals surface area contributed by atoms with Crippen LogP contribution >= 0.6 is 23.2 Å². The minimum absolute atomic E-state index is 0.108. The molecule has 104 valence electrons. The van der Waals surface area contributed by atoms with Crippen molar-refractivity contribution in [3.05, 3.63) is 28.2 Å². The quantitative estimate of drug-likeness (QED) is 0.918. The van der Waals surface area contributed by atoms with Crippen molar-refractivity contribution in [2.75, 3.05) is 0 Å². The van der Waals surface area contributed by atoms with Crippen LogP contribution in [0.4, 0.5) is 0 Å². The number of carbonyl (C=O) groups excluding carboxylic acids is 1. The summed E-state index contributed by atoms with van der Waals surface area (Å²) in [4.78, 5) is 12.0. The van der Waals surface area contributed by atoms with Crippen LogP contribution in [0.5, 0.6) is 5.75 Å². The fourth-order valence-corrected chi connectivity index (χ4v) is 2.54. The first-order valence-electron chi connectivity index (χ1n) is 6.49. The molecule has 19 heavy (non-hydrogen) atoms. The Labute approximate surface area is 123 Å². The predicted octanol–water partition coefficient (Wildman–Crippen LogP) is 3.82. The van der Waals surface area contributed by atoms with Gasteiger partial charge in [-0.25, -0.2) is 0 Å². The Bertz CT molecular complexity index is 459. The number of nitrogens with one attached hydrogen (secondary N) is 1. The number of amides is 1. The molecule has 1 aliphatic carbocycles. The molecule has 1 N–H and O–H groups in total. The van der Waals surface area contributed by atoms with Crippen molar-refractivity contribution in [1.82, 2.24) is 5.32 Å². The molecule has 0 radical (unpaired) electrons. The number of hydrogen-bond acceptors (Lipinski definition) is 2. The molecule has 3 nitrogen and oxygen atoms in total. The van der Waals surface area contributed by atoms with Crippen molar-refractivity contribution in [3.63, 3.8) is 0 Å². The van der Waals surface area contributed by atoms with Crippen LogP contribution in [-0.2, 0) is 4.79 Å². The topological polar surface area (TPSA) is 38.3 Å². The molecule has 0 aliphatic heterocycles. The van der Waals surface area contributed by atoms with Gasteiger partial charge in [0, 0.05) is 6.04 Å². The van der Waals surface area contributed by atoms with Crippen molar-refractivity contribution in [3.8, 4) is 5.75 Å². The summed E-state index contributed by atoms with van der Waals surface area (Å²) in [6, 6.07) is 5.41. The zero-order valence-electron chi connectivity index (χ0n) is 10.8. The van der Waals surface area contributed by atoms with E-state index in [9.17, 15) is 4.79 Å². The van der Waals surface area contributed by atoms with Crippen LogP contribution < -0.4 is 10.1 Å². The maximum absolute atomic E-state index is 12.0. The van der Waals surface area contributed by atoms with Gasteiger partial charge >= 0.3 is 0 Å². The molecule has 1 atom stereocenters. The van der Waals surface area contributed by atoms with E-state index in [0.29, 0.717) is 15.8 Å². The van der Waals surface area contributed by atoms with Gasteiger partial charge in [-0.05, 0) is 31.9 Å². The fourth-order valence-electron chi connectivity index (χ4n) is 2.21. The van der Waals surface area contributed by atoms with Gasteiger partial charge in [-0.2, -0.15) is 0 Å². The summed E-state index contributed by atoms with van der Waals surface area (Å²) in [7, 11) is 0. The van der Waals surface area contributed by atoms with E-state index in [1.807, 2.05) is 0 Å². The van der Waals surface area contributed by atoms with Gasteiger partial charge in [-0.15, -0.1) is 0 Å². The zero-order chi connectivity index (χ0) is 13.8. The number of hydrogen-bond donors (Lipinski definition) is 1. The van der Waals surface area contributed by atoms with Gasteiger partial charge in [-0.1, -0.05) is 42.1 Å². The van der Waals surface area contributed by atoms with Gasteiger partial charge < -0.3 is 10.1 Å². The first-order valence-corrected chi connectivity index (χ1v) is 7.24. The van der Waals surface area contributed by atoms with Crippen molar-refractivity contribution < 1.29 is 9.53 Å². The van der Waals surface area contributed by atoms with E-state index in [0.717, 1.165) is 12.8 Å². The van der Waals surface area contributed by atoms with Crippen LogP contribution in [0.2, 0.25) is 10.0 Å². The van der Waals surface area contributed by atoms with Crippen LogP contribution in [0.3, 0.4) is 0 Å². The van der Waals surface area contributed by atoms with E-state index >= 15 is 0 Å². The maximum Gasteiger partial charge on any atom is 0.260 e. The molecule has 1 saturated carbocycles. The van der Waals surface area contributed by atoms with E-state index in [1.54, 1.807) is 25.1 Å². The molecule has 2 rings (SSSR count). The molecule has 0 heterocycles. The molecule has 1 amide bonds. The number of benzene rings is 1. The fraction of sp³-hybridized carbons (Fsp3) is 0.500. The van der Waals surface area contributed by atoms with E-state index in [2.05, 4.69) is 5.32 Å². The van der Waals surface area contributed by atoms with E-state index in [-0.39, 0.29) is 11.9 Å². The highest BCUT2D eigenvalue weighted by Crippen LogP contribution is 2.32. The molecular weight excluding hydrogens is 285 g/mol. The van der Waals surface area contributed by atoms with E-state index < -0.39 is 6.10 Å². The van der Waals surface area contributed by atoms with Crippen LogP contribution in [0.15, 0.2) is 18.2 Å². The molecule has 1 aromatic carbocycles. The molecular formula is C14H17Cl2NO2.